The Labute approximate surface area is 125 Å². The molecule has 2 unspecified atom stereocenters. The Hall–Kier alpha value is -1.29. The van der Waals surface area contributed by atoms with Crippen LogP contribution in [0.4, 0.5) is 0 Å². The molecule has 2 aromatic rings. The summed E-state index contributed by atoms with van der Waals surface area (Å²) >= 11 is 5.91. The third-order valence-corrected chi connectivity index (χ3v) is 3.62. The molecule has 0 spiro atoms. The van der Waals surface area contributed by atoms with Gasteiger partial charge < -0.3 is 10.2 Å². The number of rotatable bonds is 5. The average molecular weight is 293 g/mol. The zero-order valence-electron chi connectivity index (χ0n) is 12.1. The Balaban J connectivity index is 2.15. The van der Waals surface area contributed by atoms with Crippen LogP contribution in [0.25, 0.3) is 0 Å². The summed E-state index contributed by atoms with van der Waals surface area (Å²) in [6.45, 7) is 4.74. The molecular weight excluding hydrogens is 272 g/mol. The second kappa shape index (κ2) is 6.44. The highest BCUT2D eigenvalue weighted by Gasteiger charge is 2.24. The van der Waals surface area contributed by atoms with Crippen LogP contribution in [-0.2, 0) is 6.54 Å². The third-order valence-electron chi connectivity index (χ3n) is 3.37. The molecule has 2 atom stereocenters. The normalized spacial score (nSPS) is 14.5. The van der Waals surface area contributed by atoms with E-state index < -0.39 is 0 Å². The van der Waals surface area contributed by atoms with Gasteiger partial charge in [-0.3, -0.25) is 4.90 Å². The second-order valence-corrected chi connectivity index (χ2v) is 5.73. The molecule has 20 heavy (non-hydrogen) atoms. The smallest absolute Gasteiger partial charge is 0.122 e. The lowest BCUT2D eigenvalue weighted by molar-refractivity contribution is 0.182. The van der Waals surface area contributed by atoms with Crippen LogP contribution in [0.1, 0.15) is 30.0 Å². The first-order chi connectivity index (χ1) is 9.47. The predicted molar refractivity (Wildman–Crippen MR) is 82.8 cm³/mol. The summed E-state index contributed by atoms with van der Waals surface area (Å²) in [5.41, 5.74) is 7.33. The standard InChI is InChI=1S/C16H21ClN2O/c1-11-4-9-15(20-11)16(12(2)18)19(3)10-13-5-7-14(17)8-6-13/h4-9,12,16H,10,18H2,1-3H3. The molecule has 0 radical (unpaired) electrons. The lowest BCUT2D eigenvalue weighted by atomic mass is 10.1. The van der Waals surface area contributed by atoms with Crippen LogP contribution in [0.5, 0.6) is 0 Å². The van der Waals surface area contributed by atoms with Crippen molar-refractivity contribution >= 4 is 11.6 Å². The van der Waals surface area contributed by atoms with E-state index in [1.807, 2.05) is 50.2 Å². The van der Waals surface area contributed by atoms with Gasteiger partial charge >= 0.3 is 0 Å². The minimum atomic E-state index is -0.0159. The Morgan fingerprint density at radius 2 is 1.85 bits per heavy atom. The first kappa shape index (κ1) is 15.1. The zero-order valence-corrected chi connectivity index (χ0v) is 12.9. The summed E-state index contributed by atoms with van der Waals surface area (Å²) in [4.78, 5) is 2.20. The van der Waals surface area contributed by atoms with Crippen LogP contribution >= 0.6 is 11.6 Å². The van der Waals surface area contributed by atoms with Crippen molar-refractivity contribution in [1.82, 2.24) is 4.90 Å². The molecule has 1 aromatic heterocycles. The number of likely N-dealkylation sites (N-methyl/N-ethyl adjacent to an activating group) is 1. The van der Waals surface area contributed by atoms with Gasteiger partial charge in [-0.25, -0.2) is 0 Å². The molecule has 0 aliphatic heterocycles. The fourth-order valence-corrected chi connectivity index (χ4v) is 2.59. The molecule has 2 N–H and O–H groups in total. The van der Waals surface area contributed by atoms with Crippen molar-refractivity contribution in [3.63, 3.8) is 0 Å². The molecule has 0 aliphatic rings. The van der Waals surface area contributed by atoms with Crippen LogP contribution in [0.15, 0.2) is 40.8 Å². The summed E-state index contributed by atoms with van der Waals surface area (Å²) in [6.07, 6.45) is 0. The van der Waals surface area contributed by atoms with Crippen molar-refractivity contribution in [2.24, 2.45) is 5.73 Å². The maximum Gasteiger partial charge on any atom is 0.122 e. The summed E-state index contributed by atoms with van der Waals surface area (Å²) < 4.78 is 5.74. The molecule has 1 heterocycles. The first-order valence-electron chi connectivity index (χ1n) is 6.74. The maximum absolute atomic E-state index is 6.13. The molecule has 3 nitrogen and oxygen atoms in total. The number of hydrogen-bond donors (Lipinski definition) is 1. The van der Waals surface area contributed by atoms with Crippen LogP contribution < -0.4 is 5.73 Å². The lowest BCUT2D eigenvalue weighted by Crippen LogP contribution is -2.36. The van der Waals surface area contributed by atoms with Crippen molar-refractivity contribution in [3.8, 4) is 0 Å². The van der Waals surface area contributed by atoms with E-state index >= 15 is 0 Å². The topological polar surface area (TPSA) is 42.4 Å². The van der Waals surface area contributed by atoms with Crippen LogP contribution in [0.3, 0.4) is 0 Å². The minimum absolute atomic E-state index is 0.0159. The van der Waals surface area contributed by atoms with E-state index in [1.165, 1.54) is 5.56 Å². The molecule has 0 saturated heterocycles. The summed E-state index contributed by atoms with van der Waals surface area (Å²) in [5.74, 6) is 1.82. The van der Waals surface area contributed by atoms with Crippen molar-refractivity contribution < 1.29 is 4.42 Å². The van der Waals surface area contributed by atoms with Crippen molar-refractivity contribution in [2.75, 3.05) is 7.05 Å². The highest BCUT2D eigenvalue weighted by Crippen LogP contribution is 2.26. The molecule has 1 aromatic carbocycles. The van der Waals surface area contributed by atoms with Gasteiger partial charge in [0.05, 0.1) is 6.04 Å². The largest absolute Gasteiger partial charge is 0.465 e. The molecule has 0 bridgehead atoms. The van der Waals surface area contributed by atoms with E-state index in [9.17, 15) is 0 Å². The van der Waals surface area contributed by atoms with Gasteiger partial charge in [-0.2, -0.15) is 0 Å². The molecule has 108 valence electrons. The minimum Gasteiger partial charge on any atom is -0.465 e. The van der Waals surface area contributed by atoms with Crippen molar-refractivity contribution in [1.29, 1.82) is 0 Å². The van der Waals surface area contributed by atoms with Crippen molar-refractivity contribution in [3.05, 3.63) is 58.5 Å². The monoisotopic (exact) mass is 292 g/mol. The second-order valence-electron chi connectivity index (χ2n) is 5.29. The summed E-state index contributed by atoms with van der Waals surface area (Å²) in [7, 11) is 2.06. The van der Waals surface area contributed by atoms with E-state index in [1.54, 1.807) is 0 Å². The molecule has 0 aliphatic carbocycles. The number of benzene rings is 1. The van der Waals surface area contributed by atoms with Crippen molar-refractivity contribution in [2.45, 2.75) is 32.5 Å². The molecular formula is C16H21ClN2O. The fourth-order valence-electron chi connectivity index (χ4n) is 2.47. The molecule has 2 rings (SSSR count). The molecule has 0 saturated carbocycles. The van der Waals surface area contributed by atoms with E-state index in [2.05, 4.69) is 11.9 Å². The van der Waals surface area contributed by atoms with Gasteiger partial charge in [-0.05, 0) is 50.7 Å². The Kier molecular flexibility index (Phi) is 4.86. The number of furan rings is 1. The van der Waals surface area contributed by atoms with E-state index in [-0.39, 0.29) is 12.1 Å². The SMILES string of the molecule is Cc1ccc(C(C(C)N)N(C)Cc2ccc(Cl)cc2)o1. The Morgan fingerprint density at radius 1 is 1.20 bits per heavy atom. The van der Waals surface area contributed by atoms with Crippen LogP contribution in [-0.4, -0.2) is 18.0 Å². The van der Waals surface area contributed by atoms with Gasteiger partial charge in [0, 0.05) is 17.6 Å². The van der Waals surface area contributed by atoms with Crippen LogP contribution in [0.2, 0.25) is 5.02 Å². The molecule has 0 fully saturated rings. The first-order valence-corrected chi connectivity index (χ1v) is 7.12. The summed E-state index contributed by atoms with van der Waals surface area (Å²) in [6, 6.07) is 11.9. The zero-order chi connectivity index (χ0) is 14.7. The van der Waals surface area contributed by atoms with Gasteiger partial charge in [0.1, 0.15) is 11.5 Å². The van der Waals surface area contributed by atoms with E-state index in [0.717, 1.165) is 23.1 Å². The highest BCUT2D eigenvalue weighted by atomic mass is 35.5. The number of aryl methyl sites for hydroxylation is 1. The summed E-state index contributed by atoms with van der Waals surface area (Å²) in [5, 5.41) is 0.752. The van der Waals surface area contributed by atoms with Gasteiger partial charge in [-0.1, -0.05) is 23.7 Å². The van der Waals surface area contributed by atoms with Gasteiger partial charge in [0.2, 0.25) is 0 Å². The average Bonchev–Trinajstić information content (AvgIpc) is 2.78. The quantitative estimate of drug-likeness (QED) is 0.912. The Bertz CT molecular complexity index is 548. The van der Waals surface area contributed by atoms with E-state index in [0.29, 0.717) is 0 Å². The highest BCUT2D eigenvalue weighted by molar-refractivity contribution is 6.30. The molecule has 4 heteroatoms. The molecule has 0 amide bonds. The predicted octanol–water partition coefficient (Wildman–Crippen LogP) is 3.76. The fraction of sp³-hybridized carbons (Fsp3) is 0.375. The number of nitrogens with zero attached hydrogens (tertiary/aromatic N) is 1. The maximum atomic E-state index is 6.13. The van der Waals surface area contributed by atoms with E-state index in [4.69, 9.17) is 21.8 Å². The number of hydrogen-bond acceptors (Lipinski definition) is 3. The lowest BCUT2D eigenvalue weighted by Gasteiger charge is -2.29. The number of nitrogens with two attached hydrogens (primary N) is 1. The van der Waals surface area contributed by atoms with Gasteiger partial charge in [0.15, 0.2) is 0 Å². The van der Waals surface area contributed by atoms with Gasteiger partial charge in [-0.15, -0.1) is 0 Å². The Morgan fingerprint density at radius 3 is 2.35 bits per heavy atom. The van der Waals surface area contributed by atoms with Crippen LogP contribution in [0, 0.1) is 6.92 Å². The third kappa shape index (κ3) is 3.63. The number of halogens is 1. The van der Waals surface area contributed by atoms with Gasteiger partial charge in [0.25, 0.3) is 0 Å².